The van der Waals surface area contributed by atoms with E-state index in [2.05, 4.69) is 10.1 Å². The number of benzene rings is 1. The van der Waals surface area contributed by atoms with E-state index in [-0.39, 0.29) is 12.5 Å². The van der Waals surface area contributed by atoms with Crippen molar-refractivity contribution in [3.63, 3.8) is 0 Å². The number of rotatable bonds is 5. The van der Waals surface area contributed by atoms with E-state index in [9.17, 15) is 4.79 Å². The molecule has 82 valence electrons. The van der Waals surface area contributed by atoms with E-state index in [1.807, 2.05) is 24.3 Å². The third kappa shape index (κ3) is 3.59. The fourth-order valence-corrected chi connectivity index (χ4v) is 1.21. The molecular weight excluding hydrogens is 194 g/mol. The molecule has 0 saturated carbocycles. The monoisotopic (exact) mass is 209 g/mol. The number of hydrogen-bond acceptors (Lipinski definition) is 4. The fraction of sp³-hybridized carbons (Fsp3) is 0.364. The van der Waals surface area contributed by atoms with Gasteiger partial charge < -0.3 is 14.8 Å². The van der Waals surface area contributed by atoms with Gasteiger partial charge in [0.1, 0.15) is 6.54 Å². The maximum absolute atomic E-state index is 10.9. The van der Waals surface area contributed by atoms with Crippen molar-refractivity contribution in [2.75, 3.05) is 26.1 Å². The molecule has 0 radical (unpaired) electrons. The van der Waals surface area contributed by atoms with Crippen molar-refractivity contribution in [3.8, 4) is 0 Å². The predicted octanol–water partition coefficient (Wildman–Crippen LogP) is 1.42. The van der Waals surface area contributed by atoms with Crippen LogP contribution in [0.15, 0.2) is 24.3 Å². The number of anilines is 1. The Balaban J connectivity index is 2.62. The van der Waals surface area contributed by atoms with E-state index in [0.29, 0.717) is 6.61 Å². The van der Waals surface area contributed by atoms with Gasteiger partial charge >= 0.3 is 5.97 Å². The number of carbonyl (C=O) groups excluding carboxylic acids is 1. The van der Waals surface area contributed by atoms with Crippen LogP contribution in [-0.4, -0.2) is 26.7 Å². The second-order valence-electron chi connectivity index (χ2n) is 3.02. The number of esters is 1. The number of nitrogens with one attached hydrogen (secondary N) is 1. The summed E-state index contributed by atoms with van der Waals surface area (Å²) in [6.45, 7) is 0.682. The highest BCUT2D eigenvalue weighted by molar-refractivity contribution is 5.75. The molecule has 1 aromatic rings. The SMILES string of the molecule is COCc1ccccc1NCC(=O)OC. The molecule has 0 aliphatic rings. The summed E-state index contributed by atoms with van der Waals surface area (Å²) in [4.78, 5) is 10.9. The van der Waals surface area contributed by atoms with Crippen LogP contribution in [0.1, 0.15) is 5.56 Å². The zero-order chi connectivity index (χ0) is 11.1. The average Bonchev–Trinajstić information content (AvgIpc) is 2.28. The standard InChI is InChI=1S/C11H15NO3/c1-14-8-9-5-3-4-6-10(9)12-7-11(13)15-2/h3-6,12H,7-8H2,1-2H3. The Morgan fingerprint density at radius 2 is 2.07 bits per heavy atom. The minimum atomic E-state index is -0.290. The summed E-state index contributed by atoms with van der Waals surface area (Å²) in [5.74, 6) is -0.290. The quantitative estimate of drug-likeness (QED) is 0.745. The molecule has 0 heterocycles. The molecule has 0 aromatic heterocycles. The molecule has 0 bridgehead atoms. The van der Waals surface area contributed by atoms with Gasteiger partial charge in [-0.05, 0) is 6.07 Å². The molecule has 0 amide bonds. The van der Waals surface area contributed by atoms with Crippen molar-refractivity contribution in [1.82, 2.24) is 0 Å². The molecule has 1 N–H and O–H groups in total. The Labute approximate surface area is 89.2 Å². The van der Waals surface area contributed by atoms with E-state index in [1.54, 1.807) is 7.11 Å². The summed E-state index contributed by atoms with van der Waals surface area (Å²) < 4.78 is 9.58. The molecule has 1 aromatic carbocycles. The van der Waals surface area contributed by atoms with Gasteiger partial charge in [0.05, 0.1) is 13.7 Å². The van der Waals surface area contributed by atoms with Gasteiger partial charge in [0, 0.05) is 18.4 Å². The smallest absolute Gasteiger partial charge is 0.325 e. The molecule has 15 heavy (non-hydrogen) atoms. The van der Waals surface area contributed by atoms with Crippen LogP contribution >= 0.6 is 0 Å². The van der Waals surface area contributed by atoms with Gasteiger partial charge in [-0.15, -0.1) is 0 Å². The minimum absolute atomic E-state index is 0.164. The van der Waals surface area contributed by atoms with Crippen molar-refractivity contribution >= 4 is 11.7 Å². The van der Waals surface area contributed by atoms with Crippen LogP contribution in [0.4, 0.5) is 5.69 Å². The fourth-order valence-electron chi connectivity index (χ4n) is 1.21. The lowest BCUT2D eigenvalue weighted by atomic mass is 10.2. The van der Waals surface area contributed by atoms with Crippen molar-refractivity contribution in [3.05, 3.63) is 29.8 Å². The van der Waals surface area contributed by atoms with Gasteiger partial charge in [0.25, 0.3) is 0 Å². The zero-order valence-electron chi connectivity index (χ0n) is 8.95. The molecular formula is C11H15NO3. The van der Waals surface area contributed by atoms with Gasteiger partial charge in [-0.1, -0.05) is 18.2 Å². The summed E-state index contributed by atoms with van der Waals surface area (Å²) in [7, 11) is 3.00. The highest BCUT2D eigenvalue weighted by Gasteiger charge is 2.03. The van der Waals surface area contributed by atoms with E-state index in [0.717, 1.165) is 11.3 Å². The first-order valence-corrected chi connectivity index (χ1v) is 4.65. The zero-order valence-corrected chi connectivity index (χ0v) is 8.95. The maximum atomic E-state index is 10.9. The molecule has 4 heteroatoms. The van der Waals surface area contributed by atoms with Gasteiger partial charge in [-0.3, -0.25) is 4.79 Å². The Kier molecular flexibility index (Phi) is 4.63. The normalized spacial score (nSPS) is 9.73. The molecule has 0 aliphatic carbocycles. The second kappa shape index (κ2) is 6.03. The Hall–Kier alpha value is -1.55. The maximum Gasteiger partial charge on any atom is 0.325 e. The Bertz CT molecular complexity index is 325. The number of carbonyl (C=O) groups is 1. The summed E-state index contributed by atoms with van der Waals surface area (Å²) in [6.07, 6.45) is 0. The highest BCUT2D eigenvalue weighted by Crippen LogP contribution is 2.15. The third-order valence-electron chi connectivity index (χ3n) is 1.97. The molecule has 0 spiro atoms. The molecule has 0 fully saturated rings. The van der Waals surface area contributed by atoms with E-state index in [4.69, 9.17) is 4.74 Å². The Morgan fingerprint density at radius 3 is 2.73 bits per heavy atom. The summed E-state index contributed by atoms with van der Waals surface area (Å²) in [5.41, 5.74) is 1.91. The molecule has 0 unspecified atom stereocenters. The number of ether oxygens (including phenoxy) is 2. The summed E-state index contributed by atoms with van der Waals surface area (Å²) in [6, 6.07) is 7.68. The molecule has 4 nitrogen and oxygen atoms in total. The van der Waals surface area contributed by atoms with E-state index >= 15 is 0 Å². The van der Waals surface area contributed by atoms with Crippen LogP contribution in [0.25, 0.3) is 0 Å². The number of para-hydroxylation sites is 1. The van der Waals surface area contributed by atoms with Gasteiger partial charge in [-0.2, -0.15) is 0 Å². The summed E-state index contributed by atoms with van der Waals surface area (Å²) >= 11 is 0. The van der Waals surface area contributed by atoms with Crippen LogP contribution in [0, 0.1) is 0 Å². The van der Waals surface area contributed by atoms with E-state index in [1.165, 1.54) is 7.11 Å². The van der Waals surface area contributed by atoms with Crippen molar-refractivity contribution in [1.29, 1.82) is 0 Å². The van der Waals surface area contributed by atoms with Crippen LogP contribution in [0.3, 0.4) is 0 Å². The lowest BCUT2D eigenvalue weighted by molar-refractivity contribution is -0.138. The van der Waals surface area contributed by atoms with Crippen LogP contribution in [-0.2, 0) is 20.9 Å². The molecule has 0 aliphatic heterocycles. The Morgan fingerprint density at radius 1 is 1.33 bits per heavy atom. The van der Waals surface area contributed by atoms with Gasteiger partial charge in [0.15, 0.2) is 0 Å². The molecule has 0 saturated heterocycles. The third-order valence-corrected chi connectivity index (χ3v) is 1.97. The van der Waals surface area contributed by atoms with E-state index < -0.39 is 0 Å². The van der Waals surface area contributed by atoms with Gasteiger partial charge in [0.2, 0.25) is 0 Å². The largest absolute Gasteiger partial charge is 0.468 e. The minimum Gasteiger partial charge on any atom is -0.468 e. The number of methoxy groups -OCH3 is 2. The van der Waals surface area contributed by atoms with Crippen molar-refractivity contribution in [2.24, 2.45) is 0 Å². The number of hydrogen-bond donors (Lipinski definition) is 1. The predicted molar refractivity (Wildman–Crippen MR) is 57.7 cm³/mol. The first kappa shape index (κ1) is 11.5. The van der Waals surface area contributed by atoms with Crippen LogP contribution in [0.2, 0.25) is 0 Å². The first-order valence-electron chi connectivity index (χ1n) is 4.65. The highest BCUT2D eigenvalue weighted by atomic mass is 16.5. The lowest BCUT2D eigenvalue weighted by Gasteiger charge is -2.10. The van der Waals surface area contributed by atoms with Crippen LogP contribution in [0.5, 0.6) is 0 Å². The lowest BCUT2D eigenvalue weighted by Crippen LogP contribution is -2.15. The average molecular weight is 209 g/mol. The second-order valence-corrected chi connectivity index (χ2v) is 3.02. The van der Waals surface area contributed by atoms with Crippen molar-refractivity contribution < 1.29 is 14.3 Å². The van der Waals surface area contributed by atoms with Crippen molar-refractivity contribution in [2.45, 2.75) is 6.61 Å². The van der Waals surface area contributed by atoms with Crippen LogP contribution < -0.4 is 5.32 Å². The first-order chi connectivity index (χ1) is 7.27. The molecule has 1 rings (SSSR count). The summed E-state index contributed by atoms with van der Waals surface area (Å²) in [5, 5.41) is 2.99. The topological polar surface area (TPSA) is 47.6 Å². The van der Waals surface area contributed by atoms with Gasteiger partial charge in [-0.25, -0.2) is 0 Å². The molecule has 0 atom stereocenters.